The zero-order valence-corrected chi connectivity index (χ0v) is 12.4. The zero-order chi connectivity index (χ0) is 15.0. The van der Waals surface area contributed by atoms with Gasteiger partial charge in [0.2, 0.25) is 0 Å². The second kappa shape index (κ2) is 4.99. The summed E-state index contributed by atoms with van der Waals surface area (Å²) in [7, 11) is 0. The smallest absolute Gasteiger partial charge is 0.166 e. The maximum Gasteiger partial charge on any atom is 0.166 e. The number of nitrogens with one attached hydrogen (secondary N) is 1. The van der Waals surface area contributed by atoms with Crippen LogP contribution in [0.4, 0.5) is 0 Å². The van der Waals surface area contributed by atoms with Crippen LogP contribution >= 0.6 is 11.6 Å². The van der Waals surface area contributed by atoms with Crippen molar-refractivity contribution in [2.75, 3.05) is 0 Å². The number of aromatic nitrogens is 4. The van der Waals surface area contributed by atoms with Crippen LogP contribution in [0.1, 0.15) is 0 Å². The van der Waals surface area contributed by atoms with Crippen LogP contribution in [0.25, 0.3) is 16.6 Å². The van der Waals surface area contributed by atoms with Crippen LogP contribution in [0.3, 0.4) is 0 Å². The maximum atomic E-state index is 6.52. The van der Waals surface area contributed by atoms with Crippen LogP contribution in [0.2, 0.25) is 0 Å². The highest BCUT2D eigenvalue weighted by Gasteiger charge is 2.25. The molecular weight excluding hydrogens is 300 g/mol. The summed E-state index contributed by atoms with van der Waals surface area (Å²) in [6, 6.07) is 8.20. The number of aliphatic imine (C=N–C) groups is 1. The van der Waals surface area contributed by atoms with E-state index in [0.717, 1.165) is 16.6 Å². The van der Waals surface area contributed by atoms with E-state index in [1.54, 1.807) is 29.6 Å². The lowest BCUT2D eigenvalue weighted by Crippen LogP contribution is -2.43. The van der Waals surface area contributed by atoms with Gasteiger partial charge in [0.1, 0.15) is 12.7 Å². The van der Waals surface area contributed by atoms with Crippen LogP contribution in [-0.2, 0) is 6.54 Å². The minimum absolute atomic E-state index is 0.578. The number of halogens is 1. The Labute approximate surface area is 131 Å². The molecule has 1 unspecified atom stereocenters. The Balaban J connectivity index is 1.69. The fourth-order valence-electron chi connectivity index (χ4n) is 2.56. The molecule has 1 aliphatic rings. The third-order valence-corrected chi connectivity index (χ3v) is 3.93. The van der Waals surface area contributed by atoms with Gasteiger partial charge in [-0.1, -0.05) is 11.6 Å². The fourth-order valence-corrected chi connectivity index (χ4v) is 2.81. The molecule has 4 rings (SSSR count). The normalized spacial score (nSPS) is 20.4. The third kappa shape index (κ3) is 2.27. The van der Waals surface area contributed by atoms with Gasteiger partial charge in [-0.25, -0.2) is 9.67 Å². The second-order valence-electron chi connectivity index (χ2n) is 5.13. The number of nitrogens with zero attached hydrogens (tertiary/aromatic N) is 5. The van der Waals surface area contributed by atoms with E-state index in [2.05, 4.69) is 43.2 Å². The van der Waals surface area contributed by atoms with Crippen LogP contribution in [-0.4, -0.2) is 30.5 Å². The predicted molar refractivity (Wildman–Crippen MR) is 86.2 cm³/mol. The lowest BCUT2D eigenvalue weighted by atomic mass is 10.2. The molecule has 3 aromatic rings. The minimum atomic E-state index is -0.703. The molecule has 0 fully saturated rings. The Hall–Kier alpha value is -2.60. The number of rotatable bonds is 3. The summed E-state index contributed by atoms with van der Waals surface area (Å²) in [4.78, 5) is 7.37. The lowest BCUT2D eigenvalue weighted by molar-refractivity contribution is 0.561. The van der Waals surface area contributed by atoms with Gasteiger partial charge in [-0.2, -0.15) is 5.10 Å². The summed E-state index contributed by atoms with van der Waals surface area (Å²) in [6.07, 6.45) is 10.4. The summed E-state index contributed by atoms with van der Waals surface area (Å²) in [6.45, 7) is 0.578. The summed E-state index contributed by atoms with van der Waals surface area (Å²) in [5.74, 6) is 0. The molecule has 0 spiro atoms. The fraction of sp³-hybridized carbons (Fsp3) is 0.133. The first-order chi connectivity index (χ1) is 10.7. The first kappa shape index (κ1) is 13.1. The van der Waals surface area contributed by atoms with E-state index in [-0.39, 0.29) is 0 Å². The molecule has 0 amide bonds. The van der Waals surface area contributed by atoms with E-state index in [4.69, 9.17) is 11.6 Å². The third-order valence-electron chi connectivity index (χ3n) is 3.60. The lowest BCUT2D eigenvalue weighted by Gasteiger charge is -2.25. The quantitative estimate of drug-likeness (QED) is 0.596. The average molecular weight is 313 g/mol. The molecule has 110 valence electrons. The van der Waals surface area contributed by atoms with Gasteiger partial charge in [0.25, 0.3) is 0 Å². The second-order valence-corrected chi connectivity index (χ2v) is 5.80. The van der Waals surface area contributed by atoms with Crippen LogP contribution in [0, 0.1) is 0 Å². The molecule has 3 heterocycles. The van der Waals surface area contributed by atoms with Crippen LogP contribution in [0.5, 0.6) is 0 Å². The highest BCUT2D eigenvalue weighted by Crippen LogP contribution is 2.23. The minimum Gasteiger partial charge on any atom is -0.366 e. The molecule has 0 aliphatic carbocycles. The van der Waals surface area contributed by atoms with Gasteiger partial charge in [0.05, 0.1) is 12.2 Å². The molecule has 0 radical (unpaired) electrons. The molecule has 1 N–H and O–H groups in total. The Morgan fingerprint density at radius 3 is 3.00 bits per heavy atom. The van der Waals surface area contributed by atoms with E-state index < -0.39 is 5.00 Å². The van der Waals surface area contributed by atoms with Crippen molar-refractivity contribution in [1.82, 2.24) is 24.6 Å². The molecular formula is C15H13ClN6. The van der Waals surface area contributed by atoms with Crippen molar-refractivity contribution >= 4 is 28.7 Å². The van der Waals surface area contributed by atoms with Crippen molar-refractivity contribution in [3.05, 3.63) is 55.5 Å². The van der Waals surface area contributed by atoms with Crippen molar-refractivity contribution in [2.24, 2.45) is 4.99 Å². The topological polar surface area (TPSA) is 60.0 Å². The van der Waals surface area contributed by atoms with Gasteiger partial charge >= 0.3 is 0 Å². The van der Waals surface area contributed by atoms with Crippen molar-refractivity contribution < 1.29 is 0 Å². The number of hydrogen-bond acceptors (Lipinski definition) is 4. The van der Waals surface area contributed by atoms with Gasteiger partial charge < -0.3 is 9.88 Å². The molecule has 0 saturated heterocycles. The van der Waals surface area contributed by atoms with Crippen molar-refractivity contribution in [1.29, 1.82) is 0 Å². The van der Waals surface area contributed by atoms with Crippen LogP contribution in [0.15, 0.2) is 60.5 Å². The van der Waals surface area contributed by atoms with Gasteiger partial charge in [0, 0.05) is 35.7 Å². The van der Waals surface area contributed by atoms with E-state index in [0.29, 0.717) is 6.54 Å². The van der Waals surface area contributed by atoms with Gasteiger partial charge in [0.15, 0.2) is 5.00 Å². The number of hydrogen-bond donors (Lipinski definition) is 1. The molecule has 2 aromatic heterocycles. The van der Waals surface area contributed by atoms with Gasteiger partial charge in [-0.05, 0) is 24.3 Å². The average Bonchev–Trinajstić information content (AvgIpc) is 3.17. The molecule has 1 atom stereocenters. The van der Waals surface area contributed by atoms with E-state index in [9.17, 15) is 0 Å². The number of fused-ring (bicyclic) bond motifs is 1. The van der Waals surface area contributed by atoms with Crippen molar-refractivity contribution in [2.45, 2.75) is 11.5 Å². The number of alkyl halides is 1. The summed E-state index contributed by atoms with van der Waals surface area (Å²) >= 11 is 6.52. The van der Waals surface area contributed by atoms with E-state index in [1.807, 2.05) is 12.3 Å². The summed E-state index contributed by atoms with van der Waals surface area (Å²) < 4.78 is 3.84. The molecule has 0 saturated carbocycles. The Morgan fingerprint density at radius 2 is 2.23 bits per heavy atom. The first-order valence-electron chi connectivity index (χ1n) is 6.83. The standard InChI is InChI=1S/C15H13ClN6/c16-15(8-17-4-5-19-15)9-21-6-3-12-7-13(1-2-14(12)21)22-11-18-10-20-22/h1-8,10-11,19H,9H2. The van der Waals surface area contributed by atoms with Crippen LogP contribution < -0.4 is 5.32 Å². The molecule has 0 bridgehead atoms. The predicted octanol–water partition coefficient (Wildman–Crippen LogP) is 2.30. The molecule has 22 heavy (non-hydrogen) atoms. The van der Waals surface area contributed by atoms with Crippen molar-refractivity contribution in [3.8, 4) is 5.69 Å². The Morgan fingerprint density at radius 1 is 1.27 bits per heavy atom. The monoisotopic (exact) mass is 312 g/mol. The highest BCUT2D eigenvalue weighted by molar-refractivity contribution is 6.32. The number of benzene rings is 1. The highest BCUT2D eigenvalue weighted by atomic mass is 35.5. The SMILES string of the molecule is ClC1(Cn2ccc3cc(-n4cncn4)ccc32)C=NC=CN1. The Bertz CT molecular complexity index is 863. The van der Waals surface area contributed by atoms with Gasteiger partial charge in [-0.3, -0.25) is 4.99 Å². The summed E-state index contributed by atoms with van der Waals surface area (Å²) in [5.41, 5.74) is 2.08. The maximum absolute atomic E-state index is 6.52. The first-order valence-corrected chi connectivity index (χ1v) is 7.21. The Kier molecular flexibility index (Phi) is 2.97. The largest absolute Gasteiger partial charge is 0.366 e. The van der Waals surface area contributed by atoms with E-state index in [1.165, 1.54) is 6.33 Å². The molecule has 1 aromatic carbocycles. The van der Waals surface area contributed by atoms with E-state index >= 15 is 0 Å². The molecule has 7 heteroatoms. The van der Waals surface area contributed by atoms with Gasteiger partial charge in [-0.15, -0.1) is 0 Å². The van der Waals surface area contributed by atoms with Crippen molar-refractivity contribution in [3.63, 3.8) is 0 Å². The molecule has 6 nitrogen and oxygen atoms in total. The summed E-state index contributed by atoms with van der Waals surface area (Å²) in [5, 5.41) is 8.39. The zero-order valence-electron chi connectivity index (χ0n) is 11.6. The molecule has 1 aliphatic heterocycles.